The molecule has 3 aromatic heterocycles. The molecule has 0 saturated carbocycles. The molecule has 3 heterocycles. The van der Waals surface area contributed by atoms with Crippen molar-refractivity contribution in [2.75, 3.05) is 5.73 Å². The van der Waals surface area contributed by atoms with Gasteiger partial charge in [-0.1, -0.05) is 66.7 Å². The molecule has 37 heavy (non-hydrogen) atoms. The third-order valence-corrected chi connectivity index (χ3v) is 6.76. The van der Waals surface area contributed by atoms with E-state index in [4.69, 9.17) is 16.5 Å². The number of imidazole rings is 1. The number of carbonyl (C=O) groups is 1. The topological polar surface area (TPSA) is 113 Å². The molecule has 0 aliphatic rings. The molecule has 1 amide bonds. The van der Waals surface area contributed by atoms with E-state index >= 15 is 0 Å². The number of pyridine rings is 2. The van der Waals surface area contributed by atoms with Gasteiger partial charge in [0.2, 0.25) is 0 Å². The molecule has 0 saturated heterocycles. The monoisotopic (exact) mass is 486 g/mol. The normalized spacial score (nSPS) is 11.5. The number of hydrogen-bond donors (Lipinski definition) is 2. The van der Waals surface area contributed by atoms with E-state index in [9.17, 15) is 4.79 Å². The Morgan fingerprint density at radius 2 is 1.54 bits per heavy atom. The van der Waals surface area contributed by atoms with Gasteiger partial charge in [-0.15, -0.1) is 0 Å². The van der Waals surface area contributed by atoms with Crippen molar-refractivity contribution >= 4 is 44.6 Å². The first-order valence-corrected chi connectivity index (χ1v) is 12.4. The quantitative estimate of drug-likeness (QED) is 0.289. The maximum atomic E-state index is 12.1. The number of nitrogen functional groups attached to an aromatic ring is 1. The van der Waals surface area contributed by atoms with Crippen molar-refractivity contribution in [3.8, 4) is 11.4 Å². The Morgan fingerprint density at radius 3 is 2.35 bits per heavy atom. The van der Waals surface area contributed by atoms with Crippen molar-refractivity contribution in [1.29, 1.82) is 0 Å². The molecule has 7 heteroatoms. The Labute approximate surface area is 213 Å². The molecule has 0 aliphatic heterocycles. The summed E-state index contributed by atoms with van der Waals surface area (Å²) in [6.45, 7) is 0.737. The lowest BCUT2D eigenvalue weighted by Crippen LogP contribution is -2.16. The molecule has 0 unspecified atom stereocenters. The Hall–Kier alpha value is -4.78. The minimum Gasteiger partial charge on any atom is -0.382 e. The van der Waals surface area contributed by atoms with Crippen LogP contribution in [-0.4, -0.2) is 25.4 Å². The van der Waals surface area contributed by atoms with Gasteiger partial charge in [0.15, 0.2) is 5.82 Å². The highest BCUT2D eigenvalue weighted by Gasteiger charge is 2.18. The van der Waals surface area contributed by atoms with E-state index in [1.54, 1.807) is 0 Å². The first-order chi connectivity index (χ1) is 18.1. The predicted molar refractivity (Wildman–Crippen MR) is 148 cm³/mol. The van der Waals surface area contributed by atoms with Crippen LogP contribution in [0.5, 0.6) is 0 Å². The van der Waals surface area contributed by atoms with Crippen LogP contribution in [0.2, 0.25) is 0 Å². The SMILES string of the molecule is NC(=O)c1nc2ccccc2cc1CCCCn1c(-c2ccccc2)nc2c(N)nc3ccccc3c21. The summed E-state index contributed by atoms with van der Waals surface area (Å²) in [6.07, 6.45) is 2.42. The van der Waals surface area contributed by atoms with Crippen molar-refractivity contribution in [3.05, 3.63) is 96.2 Å². The van der Waals surface area contributed by atoms with Crippen LogP contribution in [0.3, 0.4) is 0 Å². The van der Waals surface area contributed by atoms with Gasteiger partial charge in [0.1, 0.15) is 17.0 Å². The fourth-order valence-corrected chi connectivity index (χ4v) is 5.03. The summed E-state index contributed by atoms with van der Waals surface area (Å²) in [6, 6.07) is 28.0. The number of hydrogen-bond acceptors (Lipinski definition) is 5. The Balaban J connectivity index is 1.35. The number of carbonyl (C=O) groups excluding carboxylic acids is 1. The molecule has 0 spiro atoms. The fourth-order valence-electron chi connectivity index (χ4n) is 5.03. The van der Waals surface area contributed by atoms with Gasteiger partial charge in [-0.3, -0.25) is 4.79 Å². The summed E-state index contributed by atoms with van der Waals surface area (Å²) in [7, 11) is 0. The number of fused-ring (bicyclic) bond motifs is 4. The lowest BCUT2D eigenvalue weighted by Gasteiger charge is -2.12. The molecule has 0 bridgehead atoms. The van der Waals surface area contributed by atoms with Crippen LogP contribution in [-0.2, 0) is 13.0 Å². The lowest BCUT2D eigenvalue weighted by molar-refractivity contribution is 0.0995. The van der Waals surface area contributed by atoms with Gasteiger partial charge in [-0.05, 0) is 43.0 Å². The highest BCUT2D eigenvalue weighted by Crippen LogP contribution is 2.33. The maximum Gasteiger partial charge on any atom is 0.267 e. The van der Waals surface area contributed by atoms with E-state index in [2.05, 4.69) is 32.7 Å². The molecule has 6 aromatic rings. The number of amides is 1. The second-order valence-electron chi connectivity index (χ2n) is 9.17. The number of unbranched alkanes of at least 4 members (excludes halogenated alkanes) is 1. The minimum absolute atomic E-state index is 0.349. The summed E-state index contributed by atoms with van der Waals surface area (Å²) < 4.78 is 2.25. The first-order valence-electron chi connectivity index (χ1n) is 12.4. The highest BCUT2D eigenvalue weighted by molar-refractivity contribution is 6.07. The van der Waals surface area contributed by atoms with Gasteiger partial charge >= 0.3 is 0 Å². The van der Waals surface area contributed by atoms with E-state index < -0.39 is 5.91 Å². The van der Waals surface area contributed by atoms with E-state index in [1.807, 2.05) is 66.7 Å². The second kappa shape index (κ2) is 9.35. The highest BCUT2D eigenvalue weighted by atomic mass is 16.1. The standard InChI is InChI=1S/C30H26N6O/c31-28-26-27(22-14-5-7-16-24(22)34-28)36(30(35-26)19-10-2-1-3-11-19)17-9-8-13-21-18-20-12-4-6-15-23(20)33-25(21)29(32)37/h1-7,10-12,14-16,18H,8-9,13,17H2,(H2,31,34)(H2,32,37). The molecule has 0 aliphatic carbocycles. The van der Waals surface area contributed by atoms with Gasteiger partial charge in [-0.2, -0.15) is 0 Å². The maximum absolute atomic E-state index is 12.1. The summed E-state index contributed by atoms with van der Waals surface area (Å²) >= 11 is 0. The van der Waals surface area contributed by atoms with Crippen molar-refractivity contribution in [2.24, 2.45) is 5.73 Å². The molecule has 0 fully saturated rings. The average Bonchev–Trinajstić information content (AvgIpc) is 3.31. The number of anilines is 1. The third-order valence-electron chi connectivity index (χ3n) is 6.76. The zero-order valence-corrected chi connectivity index (χ0v) is 20.3. The van der Waals surface area contributed by atoms with Crippen molar-refractivity contribution in [1.82, 2.24) is 19.5 Å². The molecule has 3 aromatic carbocycles. The van der Waals surface area contributed by atoms with Crippen LogP contribution in [0.15, 0.2) is 84.9 Å². The van der Waals surface area contributed by atoms with Crippen LogP contribution in [0.1, 0.15) is 28.9 Å². The summed E-state index contributed by atoms with van der Waals surface area (Å²) in [5.41, 5.74) is 17.6. The minimum atomic E-state index is -0.498. The third kappa shape index (κ3) is 4.14. The number of primary amides is 1. The van der Waals surface area contributed by atoms with Gasteiger partial charge in [-0.25, -0.2) is 15.0 Å². The van der Waals surface area contributed by atoms with E-state index in [1.165, 1.54) is 0 Å². The van der Waals surface area contributed by atoms with Crippen molar-refractivity contribution in [3.63, 3.8) is 0 Å². The number of rotatable bonds is 7. The van der Waals surface area contributed by atoms with Gasteiger partial charge in [0.25, 0.3) is 5.91 Å². The van der Waals surface area contributed by atoms with Crippen molar-refractivity contribution in [2.45, 2.75) is 25.8 Å². The average molecular weight is 487 g/mol. The number of benzene rings is 3. The lowest BCUT2D eigenvalue weighted by atomic mass is 10.0. The zero-order valence-electron chi connectivity index (χ0n) is 20.3. The summed E-state index contributed by atoms with van der Waals surface area (Å²) in [4.78, 5) is 26.2. The second-order valence-corrected chi connectivity index (χ2v) is 9.17. The fraction of sp³-hybridized carbons (Fsp3) is 0.133. The number of nitrogens with two attached hydrogens (primary N) is 2. The summed E-state index contributed by atoms with van der Waals surface area (Å²) in [5.74, 6) is 0.797. The molecule has 7 nitrogen and oxygen atoms in total. The Bertz CT molecular complexity index is 1770. The van der Waals surface area contributed by atoms with E-state index in [-0.39, 0.29) is 0 Å². The van der Waals surface area contributed by atoms with Crippen molar-refractivity contribution < 1.29 is 4.79 Å². The molecule has 0 radical (unpaired) electrons. The zero-order chi connectivity index (χ0) is 25.4. The van der Waals surface area contributed by atoms with Gasteiger partial charge in [0, 0.05) is 22.9 Å². The van der Waals surface area contributed by atoms with E-state index in [0.717, 1.165) is 63.7 Å². The van der Waals surface area contributed by atoms with Gasteiger partial charge in [0.05, 0.1) is 16.6 Å². The molecule has 0 atom stereocenters. The number of aryl methyl sites for hydroxylation is 2. The Kier molecular flexibility index (Phi) is 5.73. The summed E-state index contributed by atoms with van der Waals surface area (Å²) in [5, 5.41) is 2.03. The van der Waals surface area contributed by atoms with Crippen LogP contribution in [0.4, 0.5) is 5.82 Å². The Morgan fingerprint density at radius 1 is 0.811 bits per heavy atom. The van der Waals surface area contributed by atoms with Crippen LogP contribution >= 0.6 is 0 Å². The van der Waals surface area contributed by atoms with Gasteiger partial charge < -0.3 is 16.0 Å². The number of aromatic nitrogens is 4. The molecular formula is C30H26N6O. The largest absolute Gasteiger partial charge is 0.382 e. The van der Waals surface area contributed by atoms with Crippen LogP contribution in [0, 0.1) is 0 Å². The molecule has 4 N–H and O–H groups in total. The van der Waals surface area contributed by atoms with E-state index in [0.29, 0.717) is 23.4 Å². The number of para-hydroxylation sites is 2. The molecule has 182 valence electrons. The van der Waals surface area contributed by atoms with Crippen LogP contribution in [0.25, 0.3) is 44.2 Å². The van der Waals surface area contributed by atoms with Crippen LogP contribution < -0.4 is 11.5 Å². The molecular weight excluding hydrogens is 460 g/mol. The smallest absolute Gasteiger partial charge is 0.267 e. The first kappa shape index (κ1) is 22.7. The number of nitrogens with zero attached hydrogens (tertiary/aromatic N) is 4. The predicted octanol–water partition coefficient (Wildman–Crippen LogP) is 5.50. The molecule has 6 rings (SSSR count).